The van der Waals surface area contributed by atoms with Crippen molar-refractivity contribution in [1.82, 2.24) is 4.90 Å². The number of nitrogens with zero attached hydrogens (tertiary/aromatic N) is 1. The van der Waals surface area contributed by atoms with Crippen molar-refractivity contribution in [2.45, 2.75) is 63.3 Å². The van der Waals surface area contributed by atoms with Gasteiger partial charge in [-0.2, -0.15) is 0 Å². The summed E-state index contributed by atoms with van der Waals surface area (Å²) in [5.74, 6) is 0. The summed E-state index contributed by atoms with van der Waals surface area (Å²) in [5, 5.41) is 9.84. The number of piperidine rings is 1. The van der Waals surface area contributed by atoms with E-state index in [1.807, 2.05) is 0 Å². The number of aryl methyl sites for hydroxylation is 1. The Balaban J connectivity index is 1.56. The Labute approximate surface area is 121 Å². The third-order valence-electron chi connectivity index (χ3n) is 5.06. The number of nitrogens with two attached hydrogens (primary N) is 1. The molecule has 3 atom stereocenters. The van der Waals surface area contributed by atoms with E-state index in [9.17, 15) is 5.11 Å². The van der Waals surface area contributed by atoms with E-state index in [1.54, 1.807) is 0 Å². The molecule has 2 saturated heterocycles. The fourth-order valence-corrected chi connectivity index (χ4v) is 3.88. The van der Waals surface area contributed by atoms with Crippen molar-refractivity contribution in [2.24, 2.45) is 5.73 Å². The maximum absolute atomic E-state index is 9.84. The maximum Gasteiger partial charge on any atom is 0.0570 e. The lowest BCUT2D eigenvalue weighted by molar-refractivity contribution is 0.0340. The minimum atomic E-state index is -0.0745. The molecule has 1 aromatic carbocycles. The monoisotopic (exact) mass is 274 g/mol. The van der Waals surface area contributed by atoms with Crippen LogP contribution in [0.15, 0.2) is 24.3 Å². The fourth-order valence-electron chi connectivity index (χ4n) is 3.88. The number of fused-ring (bicyclic) bond motifs is 2. The zero-order chi connectivity index (χ0) is 14.1. The van der Waals surface area contributed by atoms with Gasteiger partial charge in [-0.05, 0) is 44.6 Å². The number of benzene rings is 1. The highest BCUT2D eigenvalue weighted by Crippen LogP contribution is 2.36. The molecule has 3 unspecified atom stereocenters. The summed E-state index contributed by atoms with van der Waals surface area (Å²) in [7, 11) is 0. The zero-order valence-corrected chi connectivity index (χ0v) is 12.3. The number of aliphatic hydroxyl groups excluding tert-OH is 1. The first-order chi connectivity index (χ1) is 9.63. The highest BCUT2D eigenvalue weighted by atomic mass is 16.3. The predicted molar refractivity (Wildman–Crippen MR) is 81.5 cm³/mol. The molecule has 3 heteroatoms. The van der Waals surface area contributed by atoms with Crippen LogP contribution in [-0.2, 0) is 0 Å². The van der Waals surface area contributed by atoms with E-state index < -0.39 is 0 Å². The third kappa shape index (κ3) is 2.90. The standard InChI is InChI=1S/C17H26N2O/c1-12-2-4-13(5-3-12)17(18)8-9-19-14-6-7-15(19)11-16(20)10-14/h2-5,14-17,20H,6-11,18H2,1H3. The number of rotatable bonds is 4. The molecule has 0 spiro atoms. The molecule has 3 N–H and O–H groups in total. The summed E-state index contributed by atoms with van der Waals surface area (Å²) in [6.07, 6.45) is 5.34. The quantitative estimate of drug-likeness (QED) is 0.886. The van der Waals surface area contributed by atoms with Crippen LogP contribution in [0.3, 0.4) is 0 Å². The molecule has 0 aromatic heterocycles. The molecule has 2 aliphatic rings. The van der Waals surface area contributed by atoms with Crippen molar-refractivity contribution < 1.29 is 5.11 Å². The summed E-state index contributed by atoms with van der Waals surface area (Å²) in [4.78, 5) is 2.60. The first-order valence-electron chi connectivity index (χ1n) is 7.89. The lowest BCUT2D eigenvalue weighted by Gasteiger charge is -2.37. The van der Waals surface area contributed by atoms with Crippen LogP contribution in [-0.4, -0.2) is 34.7 Å². The van der Waals surface area contributed by atoms with Gasteiger partial charge in [0.2, 0.25) is 0 Å². The van der Waals surface area contributed by atoms with E-state index >= 15 is 0 Å². The van der Waals surface area contributed by atoms with Gasteiger partial charge in [0.1, 0.15) is 0 Å². The van der Waals surface area contributed by atoms with Crippen molar-refractivity contribution in [3.63, 3.8) is 0 Å². The molecule has 0 aliphatic carbocycles. The van der Waals surface area contributed by atoms with Crippen molar-refractivity contribution in [3.8, 4) is 0 Å². The van der Waals surface area contributed by atoms with Crippen LogP contribution in [0, 0.1) is 6.92 Å². The van der Waals surface area contributed by atoms with Crippen molar-refractivity contribution in [2.75, 3.05) is 6.54 Å². The first-order valence-corrected chi connectivity index (χ1v) is 7.89. The molecule has 2 aliphatic heterocycles. The molecular weight excluding hydrogens is 248 g/mol. The Morgan fingerprint density at radius 3 is 2.40 bits per heavy atom. The van der Waals surface area contributed by atoms with Crippen LogP contribution in [0.5, 0.6) is 0 Å². The smallest absolute Gasteiger partial charge is 0.0570 e. The van der Waals surface area contributed by atoms with Gasteiger partial charge in [-0.25, -0.2) is 0 Å². The molecule has 2 bridgehead atoms. The van der Waals surface area contributed by atoms with Gasteiger partial charge in [0.25, 0.3) is 0 Å². The highest BCUT2D eigenvalue weighted by Gasteiger charge is 2.39. The van der Waals surface area contributed by atoms with Crippen LogP contribution in [0.25, 0.3) is 0 Å². The van der Waals surface area contributed by atoms with Gasteiger partial charge in [-0.1, -0.05) is 29.8 Å². The van der Waals surface area contributed by atoms with Crippen LogP contribution in [0.4, 0.5) is 0 Å². The summed E-state index contributed by atoms with van der Waals surface area (Å²) < 4.78 is 0. The van der Waals surface area contributed by atoms with Gasteiger partial charge in [0.05, 0.1) is 6.10 Å². The van der Waals surface area contributed by atoms with Gasteiger partial charge in [0.15, 0.2) is 0 Å². The van der Waals surface area contributed by atoms with Crippen LogP contribution < -0.4 is 5.73 Å². The number of hydrogen-bond donors (Lipinski definition) is 2. The second-order valence-corrected chi connectivity index (χ2v) is 6.55. The molecular formula is C17H26N2O. The van der Waals surface area contributed by atoms with Gasteiger partial charge in [0, 0.05) is 24.7 Å². The molecule has 3 rings (SSSR count). The van der Waals surface area contributed by atoms with E-state index in [0.717, 1.165) is 25.8 Å². The minimum Gasteiger partial charge on any atom is -0.393 e. The molecule has 0 saturated carbocycles. The van der Waals surface area contributed by atoms with Gasteiger partial charge in [-0.3, -0.25) is 4.90 Å². The van der Waals surface area contributed by atoms with E-state index in [-0.39, 0.29) is 12.1 Å². The van der Waals surface area contributed by atoms with Crippen LogP contribution in [0.1, 0.15) is 49.3 Å². The fraction of sp³-hybridized carbons (Fsp3) is 0.647. The highest BCUT2D eigenvalue weighted by molar-refractivity contribution is 5.23. The van der Waals surface area contributed by atoms with E-state index in [1.165, 1.54) is 24.0 Å². The lowest BCUT2D eigenvalue weighted by atomic mass is 9.98. The minimum absolute atomic E-state index is 0.0745. The number of hydrogen-bond acceptors (Lipinski definition) is 3. The van der Waals surface area contributed by atoms with Crippen LogP contribution >= 0.6 is 0 Å². The Hall–Kier alpha value is -0.900. The van der Waals surface area contributed by atoms with Crippen molar-refractivity contribution in [3.05, 3.63) is 35.4 Å². The molecule has 0 radical (unpaired) electrons. The Bertz CT molecular complexity index is 431. The average molecular weight is 274 g/mol. The van der Waals surface area contributed by atoms with E-state index in [4.69, 9.17) is 5.73 Å². The maximum atomic E-state index is 9.84. The predicted octanol–water partition coefficient (Wildman–Crippen LogP) is 2.37. The Morgan fingerprint density at radius 1 is 1.20 bits per heavy atom. The topological polar surface area (TPSA) is 49.5 Å². The van der Waals surface area contributed by atoms with E-state index in [2.05, 4.69) is 36.1 Å². The molecule has 0 amide bonds. The van der Waals surface area contributed by atoms with Crippen molar-refractivity contribution in [1.29, 1.82) is 0 Å². The Kier molecular flexibility index (Phi) is 4.11. The van der Waals surface area contributed by atoms with Gasteiger partial charge in [-0.15, -0.1) is 0 Å². The normalized spacial score (nSPS) is 31.4. The molecule has 1 aromatic rings. The molecule has 2 heterocycles. The van der Waals surface area contributed by atoms with E-state index in [0.29, 0.717) is 12.1 Å². The third-order valence-corrected chi connectivity index (χ3v) is 5.06. The molecule has 20 heavy (non-hydrogen) atoms. The number of aliphatic hydroxyl groups is 1. The molecule has 3 nitrogen and oxygen atoms in total. The molecule has 2 fully saturated rings. The SMILES string of the molecule is Cc1ccc(C(N)CCN2C3CCC2CC(O)C3)cc1. The van der Waals surface area contributed by atoms with Crippen LogP contribution in [0.2, 0.25) is 0 Å². The zero-order valence-electron chi connectivity index (χ0n) is 12.3. The second-order valence-electron chi connectivity index (χ2n) is 6.55. The average Bonchev–Trinajstić information content (AvgIpc) is 2.67. The van der Waals surface area contributed by atoms with Crippen molar-refractivity contribution >= 4 is 0 Å². The Morgan fingerprint density at radius 2 is 1.80 bits per heavy atom. The lowest BCUT2D eigenvalue weighted by Crippen LogP contribution is -2.45. The summed E-state index contributed by atoms with van der Waals surface area (Å²) in [5.41, 5.74) is 8.84. The first kappa shape index (κ1) is 14.1. The second kappa shape index (κ2) is 5.84. The van der Waals surface area contributed by atoms with Gasteiger partial charge < -0.3 is 10.8 Å². The van der Waals surface area contributed by atoms with Gasteiger partial charge >= 0.3 is 0 Å². The summed E-state index contributed by atoms with van der Waals surface area (Å²) in [6.45, 7) is 3.17. The summed E-state index contributed by atoms with van der Waals surface area (Å²) in [6, 6.07) is 9.87. The largest absolute Gasteiger partial charge is 0.393 e. The molecule has 110 valence electrons. The summed E-state index contributed by atoms with van der Waals surface area (Å²) >= 11 is 0.